The molecular weight excluding hydrogens is 456 g/mol. The van der Waals surface area contributed by atoms with Gasteiger partial charge < -0.3 is 19.7 Å². The van der Waals surface area contributed by atoms with Crippen molar-refractivity contribution in [1.82, 2.24) is 0 Å². The molecule has 2 aromatic carbocycles. The van der Waals surface area contributed by atoms with Gasteiger partial charge in [0.15, 0.2) is 0 Å². The number of ketones is 1. The molecule has 2 N–H and O–H groups in total. The number of carbonyl (C=O) groups is 2. The largest absolute Gasteiger partial charge is 0.493 e. The highest BCUT2D eigenvalue weighted by Gasteiger charge is 2.51. The van der Waals surface area contributed by atoms with Crippen LogP contribution in [0.1, 0.15) is 69.1 Å². The lowest BCUT2D eigenvalue weighted by Gasteiger charge is -2.41. The summed E-state index contributed by atoms with van der Waals surface area (Å²) in [5.41, 5.74) is 2.02. The van der Waals surface area contributed by atoms with E-state index in [4.69, 9.17) is 9.47 Å². The number of carboxylic acid groups (broad SMARTS) is 1. The van der Waals surface area contributed by atoms with Crippen LogP contribution in [0.15, 0.2) is 42.5 Å². The Labute approximate surface area is 214 Å². The maximum Gasteiger partial charge on any atom is 0.310 e. The molecule has 0 amide bonds. The predicted molar refractivity (Wildman–Crippen MR) is 140 cm³/mol. The van der Waals surface area contributed by atoms with Crippen molar-refractivity contribution in [2.45, 2.75) is 78.2 Å². The lowest BCUT2D eigenvalue weighted by molar-refractivity contribution is -0.166. The zero-order chi connectivity index (χ0) is 26.1. The van der Waals surface area contributed by atoms with Crippen LogP contribution >= 0.6 is 0 Å². The first-order valence-corrected chi connectivity index (χ1v) is 13.1. The molecule has 0 bridgehead atoms. The lowest BCUT2D eigenvalue weighted by Crippen LogP contribution is -2.48. The molecule has 0 aromatic heterocycles. The normalized spacial score (nSPS) is 19.8. The summed E-state index contributed by atoms with van der Waals surface area (Å²) < 4.78 is 11.7. The maximum absolute atomic E-state index is 13.5. The average molecular weight is 497 g/mol. The molecule has 0 spiro atoms. The van der Waals surface area contributed by atoms with Gasteiger partial charge in [-0.15, -0.1) is 0 Å². The van der Waals surface area contributed by atoms with Gasteiger partial charge >= 0.3 is 5.97 Å². The van der Waals surface area contributed by atoms with Crippen molar-refractivity contribution < 1.29 is 29.3 Å². The molecule has 0 saturated heterocycles. The third-order valence-corrected chi connectivity index (χ3v) is 7.24. The van der Waals surface area contributed by atoms with Crippen LogP contribution < -0.4 is 9.47 Å². The van der Waals surface area contributed by atoms with E-state index in [2.05, 4.69) is 12.1 Å². The van der Waals surface area contributed by atoms with Crippen LogP contribution in [0.5, 0.6) is 11.5 Å². The van der Waals surface area contributed by atoms with Gasteiger partial charge in [0.05, 0.1) is 24.7 Å². The predicted octanol–water partition coefficient (Wildman–Crippen LogP) is 5.55. The summed E-state index contributed by atoms with van der Waals surface area (Å²) in [7, 11) is 0. The Kier molecular flexibility index (Phi) is 9.94. The van der Waals surface area contributed by atoms with E-state index in [-0.39, 0.29) is 31.0 Å². The third kappa shape index (κ3) is 7.10. The molecule has 6 nitrogen and oxygen atoms in total. The summed E-state index contributed by atoms with van der Waals surface area (Å²) in [6.07, 6.45) is 3.57. The Morgan fingerprint density at radius 3 is 2.14 bits per heavy atom. The van der Waals surface area contributed by atoms with Crippen molar-refractivity contribution >= 4 is 11.8 Å². The Balaban J connectivity index is 1.77. The molecule has 196 valence electrons. The van der Waals surface area contributed by atoms with Crippen molar-refractivity contribution in [3.63, 3.8) is 0 Å². The molecule has 1 aliphatic carbocycles. The number of aryl methyl sites for hydroxylation is 1. The number of hydrogen-bond donors (Lipinski definition) is 2. The summed E-state index contributed by atoms with van der Waals surface area (Å²) in [4.78, 5) is 25.5. The number of carboxylic acids is 1. The average Bonchev–Trinajstić information content (AvgIpc) is 2.83. The van der Waals surface area contributed by atoms with Gasteiger partial charge in [0, 0.05) is 17.9 Å². The molecule has 0 heterocycles. The summed E-state index contributed by atoms with van der Waals surface area (Å²) in [5, 5.41) is 19.6. The minimum absolute atomic E-state index is 0.0365. The zero-order valence-electron chi connectivity index (χ0n) is 21.8. The van der Waals surface area contributed by atoms with Crippen molar-refractivity contribution in [2.75, 3.05) is 13.2 Å². The van der Waals surface area contributed by atoms with Gasteiger partial charge in [0.2, 0.25) is 0 Å². The number of hydrogen-bond acceptors (Lipinski definition) is 5. The van der Waals surface area contributed by atoms with Gasteiger partial charge in [-0.25, -0.2) is 0 Å². The minimum atomic E-state index is -1.14. The van der Waals surface area contributed by atoms with Crippen molar-refractivity contribution in [3.8, 4) is 11.5 Å². The van der Waals surface area contributed by atoms with Crippen LogP contribution in [0.4, 0.5) is 0 Å². The highest BCUT2D eigenvalue weighted by atomic mass is 16.5. The summed E-state index contributed by atoms with van der Waals surface area (Å²) in [6, 6.07) is 14.2. The van der Waals surface area contributed by atoms with Gasteiger partial charge in [-0.2, -0.15) is 0 Å². The molecule has 2 aromatic rings. The molecule has 0 radical (unpaired) electrons. The van der Waals surface area contributed by atoms with E-state index >= 15 is 0 Å². The molecule has 3 rings (SSSR count). The number of rotatable bonds is 15. The van der Waals surface area contributed by atoms with Crippen LogP contribution in [0.2, 0.25) is 0 Å². The molecular formula is C30H40O6. The number of aliphatic carboxylic acids is 1. The standard InChI is InChI=1S/C30H40O6/c1-4-35-27-16-23(17-28(21(27)3)36-5-2)15-24(14-10-9-13-22-11-7-6-8-12-22)26(32)20-30(29(33)34)18-25(31)19-30/h6-8,11-12,16-17,24-25,31H,4-5,9-10,13-15,18-20H2,1-3H3,(H,33,34). The topological polar surface area (TPSA) is 93.1 Å². The molecule has 1 unspecified atom stereocenters. The van der Waals surface area contributed by atoms with Crippen molar-refractivity contribution in [1.29, 1.82) is 0 Å². The SMILES string of the molecule is CCOc1cc(CC(CCCCc2ccccc2)C(=O)CC2(C(=O)O)CC(O)C2)cc(OCC)c1C. The van der Waals surface area contributed by atoms with Crippen molar-refractivity contribution in [2.24, 2.45) is 11.3 Å². The molecule has 1 aliphatic rings. The van der Waals surface area contributed by atoms with Crippen LogP contribution in [0, 0.1) is 18.3 Å². The first-order valence-electron chi connectivity index (χ1n) is 13.1. The molecule has 6 heteroatoms. The van der Waals surface area contributed by atoms with Gasteiger partial charge in [-0.1, -0.05) is 36.8 Å². The van der Waals surface area contributed by atoms with E-state index in [0.717, 1.165) is 41.9 Å². The minimum Gasteiger partial charge on any atom is -0.493 e. The van der Waals surface area contributed by atoms with E-state index in [1.807, 2.05) is 51.1 Å². The number of unbranched alkanes of at least 4 members (excludes halogenated alkanes) is 1. The Morgan fingerprint density at radius 2 is 1.61 bits per heavy atom. The molecule has 1 saturated carbocycles. The fourth-order valence-electron chi connectivity index (χ4n) is 5.19. The van der Waals surface area contributed by atoms with Gasteiger partial charge in [-0.05, 0) is 82.6 Å². The second kappa shape index (κ2) is 12.9. The van der Waals surface area contributed by atoms with Gasteiger partial charge in [0.1, 0.15) is 17.3 Å². The Morgan fingerprint density at radius 1 is 1.00 bits per heavy atom. The molecule has 36 heavy (non-hydrogen) atoms. The van der Waals surface area contributed by atoms with E-state index in [1.54, 1.807) is 0 Å². The number of Topliss-reactive ketones (excluding diaryl/α,β-unsaturated/α-hetero) is 1. The first-order chi connectivity index (χ1) is 17.3. The van der Waals surface area contributed by atoms with E-state index in [0.29, 0.717) is 26.1 Å². The number of ether oxygens (including phenoxy) is 2. The van der Waals surface area contributed by atoms with Crippen LogP contribution in [-0.2, 0) is 22.4 Å². The van der Waals surface area contributed by atoms with E-state index in [1.165, 1.54) is 5.56 Å². The van der Waals surface area contributed by atoms with E-state index < -0.39 is 17.5 Å². The second-order valence-corrected chi connectivity index (χ2v) is 10.0. The smallest absolute Gasteiger partial charge is 0.310 e. The zero-order valence-corrected chi connectivity index (χ0v) is 21.8. The summed E-state index contributed by atoms with van der Waals surface area (Å²) >= 11 is 0. The second-order valence-electron chi connectivity index (χ2n) is 10.0. The number of carbonyl (C=O) groups excluding carboxylic acids is 1. The molecule has 0 aliphatic heterocycles. The van der Waals surface area contributed by atoms with Crippen LogP contribution in [-0.4, -0.2) is 41.3 Å². The monoisotopic (exact) mass is 496 g/mol. The van der Waals surface area contributed by atoms with E-state index in [9.17, 15) is 19.8 Å². The summed E-state index contributed by atoms with van der Waals surface area (Å²) in [6.45, 7) is 6.89. The Bertz CT molecular complexity index is 982. The fourth-order valence-corrected chi connectivity index (χ4v) is 5.19. The third-order valence-electron chi connectivity index (χ3n) is 7.24. The first kappa shape index (κ1) is 27.7. The summed E-state index contributed by atoms with van der Waals surface area (Å²) in [5.74, 6) is 0.161. The van der Waals surface area contributed by atoms with Gasteiger partial charge in [0.25, 0.3) is 0 Å². The Hall–Kier alpha value is -2.86. The number of aliphatic hydroxyl groups excluding tert-OH is 1. The maximum atomic E-state index is 13.5. The van der Waals surface area contributed by atoms with Crippen LogP contribution in [0.3, 0.4) is 0 Å². The molecule has 1 fully saturated rings. The van der Waals surface area contributed by atoms with Gasteiger partial charge in [-0.3, -0.25) is 9.59 Å². The fraction of sp³-hybridized carbons (Fsp3) is 0.533. The molecule has 1 atom stereocenters. The lowest BCUT2D eigenvalue weighted by atomic mass is 9.63. The quantitative estimate of drug-likeness (QED) is 0.314. The highest BCUT2D eigenvalue weighted by Crippen LogP contribution is 2.45. The van der Waals surface area contributed by atoms with Crippen LogP contribution in [0.25, 0.3) is 0 Å². The number of benzene rings is 2. The van der Waals surface area contributed by atoms with Crippen molar-refractivity contribution in [3.05, 3.63) is 59.2 Å². The highest BCUT2D eigenvalue weighted by molar-refractivity contribution is 5.88. The number of aliphatic hydroxyl groups is 1.